The van der Waals surface area contributed by atoms with Crippen molar-refractivity contribution in [1.29, 1.82) is 5.26 Å². The predicted octanol–water partition coefficient (Wildman–Crippen LogP) is 0.926. The summed E-state index contributed by atoms with van der Waals surface area (Å²) >= 11 is 0. The molecule has 134 valence electrons. The van der Waals surface area contributed by atoms with Crippen molar-refractivity contribution >= 4 is 22.0 Å². The van der Waals surface area contributed by atoms with Crippen LogP contribution in [-0.4, -0.2) is 60.7 Å². The third kappa shape index (κ3) is 5.15. The summed E-state index contributed by atoms with van der Waals surface area (Å²) in [6, 6.07) is 5.29. The molecule has 0 N–H and O–H groups in total. The predicted molar refractivity (Wildman–Crippen MR) is 92.9 cm³/mol. The van der Waals surface area contributed by atoms with E-state index in [0.29, 0.717) is 11.3 Å². The normalized spacial score (nSPS) is 12.4. The largest absolute Gasteiger partial charge is 0.476 e. The highest BCUT2D eigenvalue weighted by atomic mass is 32.2. The summed E-state index contributed by atoms with van der Waals surface area (Å²) < 4.78 is 34.7. The van der Waals surface area contributed by atoms with Crippen LogP contribution in [0.15, 0.2) is 22.7 Å². The minimum Gasteiger partial charge on any atom is -0.476 e. The molecular formula is C15H20N6O3S. The van der Waals surface area contributed by atoms with Gasteiger partial charge in [0.1, 0.15) is 12.4 Å². The molecule has 0 spiro atoms. The monoisotopic (exact) mass is 364 g/mol. The van der Waals surface area contributed by atoms with Crippen molar-refractivity contribution < 1.29 is 13.2 Å². The van der Waals surface area contributed by atoms with E-state index in [9.17, 15) is 8.42 Å². The van der Waals surface area contributed by atoms with Gasteiger partial charge in [0.15, 0.2) is 11.3 Å². The summed E-state index contributed by atoms with van der Waals surface area (Å²) in [5, 5.41) is 13.2. The van der Waals surface area contributed by atoms with Crippen LogP contribution < -0.4 is 4.74 Å². The molecule has 0 aliphatic heterocycles. The van der Waals surface area contributed by atoms with Crippen LogP contribution in [0.25, 0.3) is 5.65 Å². The molecule has 2 rings (SSSR count). The topological polar surface area (TPSA) is 113 Å². The molecule has 0 bridgehead atoms. The summed E-state index contributed by atoms with van der Waals surface area (Å²) in [5.74, 6) is 0.116. The second kappa shape index (κ2) is 7.06. The highest BCUT2D eigenvalue weighted by molar-refractivity contribution is 7.90. The Morgan fingerprint density at radius 3 is 2.80 bits per heavy atom. The van der Waals surface area contributed by atoms with Crippen molar-refractivity contribution in [3.63, 3.8) is 0 Å². The molecule has 0 aliphatic carbocycles. The lowest BCUT2D eigenvalue weighted by Gasteiger charge is -2.23. The summed E-state index contributed by atoms with van der Waals surface area (Å²) in [4.78, 5) is 5.60. The van der Waals surface area contributed by atoms with Crippen molar-refractivity contribution in [2.45, 2.75) is 13.8 Å². The van der Waals surface area contributed by atoms with E-state index in [0.717, 1.165) is 0 Å². The van der Waals surface area contributed by atoms with Crippen LogP contribution in [0, 0.1) is 16.7 Å². The summed E-state index contributed by atoms with van der Waals surface area (Å²) in [6.07, 6.45) is 2.68. The van der Waals surface area contributed by atoms with Gasteiger partial charge in [-0.2, -0.15) is 14.2 Å². The Kier molecular flexibility index (Phi) is 5.27. The second-order valence-corrected chi connectivity index (χ2v) is 8.22. The van der Waals surface area contributed by atoms with Crippen molar-refractivity contribution in [2.75, 3.05) is 26.5 Å². The van der Waals surface area contributed by atoms with E-state index in [2.05, 4.69) is 14.5 Å². The van der Waals surface area contributed by atoms with Gasteiger partial charge in [-0.05, 0) is 6.07 Å². The SMILES string of the molecule is CN(C)/C=N/S(=O)(=O)CC(C)(C)COc1ccc2ncc(C#N)n2n1. The maximum absolute atomic E-state index is 12.0. The first-order chi connectivity index (χ1) is 11.6. The van der Waals surface area contributed by atoms with Crippen molar-refractivity contribution in [3.8, 4) is 11.9 Å². The minimum atomic E-state index is -3.61. The Balaban J connectivity index is 2.08. The Morgan fingerprint density at radius 1 is 1.44 bits per heavy atom. The lowest BCUT2D eigenvalue weighted by Crippen LogP contribution is -2.30. The molecule has 0 amide bonds. The van der Waals surface area contributed by atoms with Gasteiger partial charge in [-0.3, -0.25) is 0 Å². The quantitative estimate of drug-likeness (QED) is 0.530. The maximum atomic E-state index is 12.0. The number of hydrogen-bond acceptors (Lipinski definition) is 6. The molecule has 2 aromatic heterocycles. The molecule has 0 unspecified atom stereocenters. The summed E-state index contributed by atoms with van der Waals surface area (Å²) in [7, 11) is -0.216. The standard InChI is InChI=1S/C15H20N6O3S/c1-15(2,10-25(22,23)18-11-20(3)4)9-24-14-6-5-13-17-8-12(7-16)21(13)19-14/h5-6,8,11H,9-10H2,1-4H3/b18-11+. The molecule has 0 atom stereocenters. The first kappa shape index (κ1) is 18.7. The summed E-state index contributed by atoms with van der Waals surface area (Å²) in [6.45, 7) is 3.66. The number of rotatable bonds is 7. The fraction of sp³-hybridized carbons (Fsp3) is 0.467. The van der Waals surface area contributed by atoms with Gasteiger partial charge in [-0.25, -0.2) is 13.4 Å². The number of sulfonamides is 1. The molecule has 2 aromatic rings. The number of ether oxygens (including phenoxy) is 1. The van der Waals surface area contributed by atoms with E-state index >= 15 is 0 Å². The molecule has 0 aliphatic rings. The van der Waals surface area contributed by atoms with Crippen LogP contribution in [0.5, 0.6) is 5.88 Å². The lowest BCUT2D eigenvalue weighted by molar-refractivity contribution is 0.191. The number of nitrogens with zero attached hydrogens (tertiary/aromatic N) is 6. The van der Waals surface area contributed by atoms with Crippen molar-refractivity contribution in [1.82, 2.24) is 19.5 Å². The summed E-state index contributed by atoms with van der Waals surface area (Å²) in [5.41, 5.74) is 0.149. The second-order valence-electron chi connectivity index (χ2n) is 6.56. The number of aromatic nitrogens is 3. The van der Waals surface area contributed by atoms with Gasteiger partial charge in [0.25, 0.3) is 10.0 Å². The zero-order valence-electron chi connectivity index (χ0n) is 14.5. The highest BCUT2D eigenvalue weighted by Crippen LogP contribution is 2.21. The van der Waals surface area contributed by atoms with E-state index < -0.39 is 15.4 Å². The van der Waals surface area contributed by atoms with Gasteiger partial charge in [-0.1, -0.05) is 13.8 Å². The van der Waals surface area contributed by atoms with Gasteiger partial charge < -0.3 is 9.64 Å². The zero-order chi connectivity index (χ0) is 18.7. The smallest absolute Gasteiger partial charge is 0.255 e. The van der Waals surface area contributed by atoms with Gasteiger partial charge in [0.2, 0.25) is 5.88 Å². The third-order valence-corrected chi connectivity index (χ3v) is 4.64. The van der Waals surface area contributed by atoms with Crippen LogP contribution >= 0.6 is 0 Å². The van der Waals surface area contributed by atoms with E-state index in [1.54, 1.807) is 45.0 Å². The average Bonchev–Trinajstić information content (AvgIpc) is 2.92. The number of nitriles is 1. The fourth-order valence-electron chi connectivity index (χ4n) is 2.02. The third-order valence-electron chi connectivity index (χ3n) is 3.07. The van der Waals surface area contributed by atoms with Gasteiger partial charge in [0.05, 0.1) is 18.6 Å². The average molecular weight is 364 g/mol. The van der Waals surface area contributed by atoms with Crippen LogP contribution in [0.4, 0.5) is 0 Å². The molecule has 0 saturated carbocycles. The Hall–Kier alpha value is -2.67. The zero-order valence-corrected chi connectivity index (χ0v) is 15.4. The molecule has 0 radical (unpaired) electrons. The van der Waals surface area contributed by atoms with Crippen LogP contribution in [-0.2, 0) is 10.0 Å². The van der Waals surface area contributed by atoms with Crippen LogP contribution in [0.3, 0.4) is 0 Å². The Labute approximate surface area is 146 Å². The van der Waals surface area contributed by atoms with Gasteiger partial charge in [0, 0.05) is 25.6 Å². The highest BCUT2D eigenvalue weighted by Gasteiger charge is 2.27. The molecule has 25 heavy (non-hydrogen) atoms. The first-order valence-corrected chi connectivity index (χ1v) is 9.05. The van der Waals surface area contributed by atoms with E-state index in [1.165, 1.54) is 17.1 Å². The van der Waals surface area contributed by atoms with E-state index in [-0.39, 0.29) is 18.2 Å². The van der Waals surface area contributed by atoms with Crippen LogP contribution in [0.1, 0.15) is 19.5 Å². The van der Waals surface area contributed by atoms with Gasteiger partial charge in [-0.15, -0.1) is 5.10 Å². The van der Waals surface area contributed by atoms with E-state index in [4.69, 9.17) is 10.00 Å². The number of fused-ring (bicyclic) bond motifs is 1. The molecule has 0 fully saturated rings. The maximum Gasteiger partial charge on any atom is 0.255 e. The number of imidazole rings is 1. The van der Waals surface area contributed by atoms with E-state index in [1.807, 2.05) is 6.07 Å². The molecule has 0 saturated heterocycles. The fourth-order valence-corrected chi connectivity index (χ4v) is 3.50. The van der Waals surface area contributed by atoms with Crippen molar-refractivity contribution in [3.05, 3.63) is 24.0 Å². The molecule has 2 heterocycles. The number of hydrogen-bond donors (Lipinski definition) is 0. The Bertz CT molecular complexity index is 924. The van der Waals surface area contributed by atoms with Crippen molar-refractivity contribution in [2.24, 2.45) is 9.81 Å². The van der Waals surface area contributed by atoms with Crippen LogP contribution in [0.2, 0.25) is 0 Å². The molecule has 10 heteroatoms. The Morgan fingerprint density at radius 2 is 2.16 bits per heavy atom. The van der Waals surface area contributed by atoms with Gasteiger partial charge >= 0.3 is 0 Å². The molecular weight excluding hydrogens is 344 g/mol. The molecule has 9 nitrogen and oxygen atoms in total. The molecule has 0 aromatic carbocycles. The minimum absolute atomic E-state index is 0.124. The lowest BCUT2D eigenvalue weighted by atomic mass is 9.98. The first-order valence-electron chi connectivity index (χ1n) is 7.44.